The predicted octanol–water partition coefficient (Wildman–Crippen LogP) is 4.76. The topological polar surface area (TPSA) is 26.0 Å². The zero-order valence-electron chi connectivity index (χ0n) is 10.0. The number of halogens is 2. The van der Waals surface area contributed by atoms with Gasteiger partial charge in [-0.15, -0.1) is 12.4 Å². The summed E-state index contributed by atoms with van der Waals surface area (Å²) in [5, 5.41) is 0. The van der Waals surface area contributed by atoms with Gasteiger partial charge in [-0.1, -0.05) is 54.2 Å². The van der Waals surface area contributed by atoms with Crippen LogP contribution in [0.3, 0.4) is 0 Å². The normalized spacial score (nSPS) is 12.0. The van der Waals surface area contributed by atoms with Crippen LogP contribution in [-0.2, 0) is 0 Å². The highest BCUT2D eigenvalue weighted by Gasteiger charge is 2.06. The van der Waals surface area contributed by atoms with Crippen LogP contribution in [0.4, 0.5) is 0 Å². The van der Waals surface area contributed by atoms with Crippen molar-refractivity contribution in [3.05, 3.63) is 33.8 Å². The van der Waals surface area contributed by atoms with E-state index in [0.717, 1.165) is 10.9 Å². The quantitative estimate of drug-likeness (QED) is 0.780. The van der Waals surface area contributed by atoms with Gasteiger partial charge in [-0.2, -0.15) is 0 Å². The Labute approximate surface area is 113 Å². The molecule has 0 aliphatic carbocycles. The van der Waals surface area contributed by atoms with Crippen LogP contribution >= 0.6 is 28.3 Å². The average Bonchev–Trinajstić information content (AvgIpc) is 2.22. The van der Waals surface area contributed by atoms with Gasteiger partial charge in [0, 0.05) is 10.5 Å². The monoisotopic (exact) mass is 305 g/mol. The third-order valence-electron chi connectivity index (χ3n) is 2.74. The Bertz CT molecular complexity index is 315. The fourth-order valence-electron chi connectivity index (χ4n) is 1.62. The van der Waals surface area contributed by atoms with Gasteiger partial charge >= 0.3 is 0 Å². The molecular formula is C13H21BrClN. The Morgan fingerprint density at radius 2 is 2.00 bits per heavy atom. The predicted molar refractivity (Wildman–Crippen MR) is 77.2 cm³/mol. The van der Waals surface area contributed by atoms with Gasteiger partial charge in [-0.25, -0.2) is 0 Å². The summed E-state index contributed by atoms with van der Waals surface area (Å²) in [6.07, 6.45) is 4.84. The summed E-state index contributed by atoms with van der Waals surface area (Å²) in [5.74, 6) is 0. The molecule has 16 heavy (non-hydrogen) atoms. The molecular weight excluding hydrogens is 286 g/mol. The SMILES string of the molecule is CCCCC[C@H](N)c1ccc(C)c(Br)c1.Cl. The number of benzene rings is 1. The summed E-state index contributed by atoms with van der Waals surface area (Å²) in [6, 6.07) is 6.59. The molecule has 1 atom stereocenters. The van der Waals surface area contributed by atoms with Gasteiger partial charge < -0.3 is 5.73 Å². The molecule has 1 aromatic rings. The lowest BCUT2D eigenvalue weighted by Gasteiger charge is -2.12. The molecule has 3 heteroatoms. The zero-order valence-corrected chi connectivity index (χ0v) is 12.4. The van der Waals surface area contributed by atoms with E-state index in [4.69, 9.17) is 5.73 Å². The summed E-state index contributed by atoms with van der Waals surface area (Å²) in [4.78, 5) is 0. The van der Waals surface area contributed by atoms with Gasteiger partial charge in [0.1, 0.15) is 0 Å². The fourth-order valence-corrected chi connectivity index (χ4v) is 2.02. The number of nitrogens with two attached hydrogens (primary N) is 1. The number of rotatable bonds is 5. The van der Waals surface area contributed by atoms with Crippen LogP contribution in [0, 0.1) is 6.92 Å². The molecule has 0 bridgehead atoms. The number of hydrogen-bond donors (Lipinski definition) is 1. The van der Waals surface area contributed by atoms with E-state index in [2.05, 4.69) is 48.0 Å². The molecule has 0 unspecified atom stereocenters. The second-order valence-electron chi connectivity index (χ2n) is 4.11. The minimum atomic E-state index is 0. The maximum atomic E-state index is 6.13. The molecule has 0 saturated carbocycles. The van der Waals surface area contributed by atoms with E-state index in [9.17, 15) is 0 Å². The smallest absolute Gasteiger partial charge is 0.0295 e. The second kappa shape index (κ2) is 8.10. The Hall–Kier alpha value is -0.0500. The van der Waals surface area contributed by atoms with Crippen molar-refractivity contribution in [2.45, 2.75) is 45.6 Å². The van der Waals surface area contributed by atoms with Crippen molar-refractivity contribution in [2.24, 2.45) is 5.73 Å². The molecule has 92 valence electrons. The largest absolute Gasteiger partial charge is 0.324 e. The molecule has 0 amide bonds. The van der Waals surface area contributed by atoms with Gasteiger partial charge in [-0.3, -0.25) is 0 Å². The van der Waals surface area contributed by atoms with Crippen LogP contribution in [0.2, 0.25) is 0 Å². The van der Waals surface area contributed by atoms with Crippen molar-refractivity contribution in [2.75, 3.05) is 0 Å². The highest BCUT2D eigenvalue weighted by atomic mass is 79.9. The number of aryl methyl sites for hydroxylation is 1. The summed E-state index contributed by atoms with van der Waals surface area (Å²) in [6.45, 7) is 4.31. The number of unbranched alkanes of at least 4 members (excludes halogenated alkanes) is 2. The summed E-state index contributed by atoms with van der Waals surface area (Å²) >= 11 is 3.54. The van der Waals surface area contributed by atoms with E-state index in [-0.39, 0.29) is 18.4 Å². The lowest BCUT2D eigenvalue weighted by atomic mass is 10.0. The lowest BCUT2D eigenvalue weighted by molar-refractivity contribution is 0.581. The minimum absolute atomic E-state index is 0. The minimum Gasteiger partial charge on any atom is -0.324 e. The van der Waals surface area contributed by atoms with Crippen molar-refractivity contribution in [1.82, 2.24) is 0 Å². The zero-order chi connectivity index (χ0) is 11.3. The van der Waals surface area contributed by atoms with Gasteiger partial charge in [0.25, 0.3) is 0 Å². The van der Waals surface area contributed by atoms with Crippen LogP contribution < -0.4 is 5.73 Å². The van der Waals surface area contributed by atoms with Crippen LogP contribution in [0.1, 0.15) is 49.8 Å². The van der Waals surface area contributed by atoms with Crippen molar-refractivity contribution in [3.63, 3.8) is 0 Å². The molecule has 0 spiro atoms. The van der Waals surface area contributed by atoms with Crippen LogP contribution in [-0.4, -0.2) is 0 Å². The standard InChI is InChI=1S/C13H20BrN.ClH/c1-3-4-5-6-13(15)11-8-7-10(2)12(14)9-11;/h7-9,13H,3-6,15H2,1-2H3;1H/t13-;/m0./s1. The van der Waals surface area contributed by atoms with Crippen molar-refractivity contribution in [3.8, 4) is 0 Å². The molecule has 0 aromatic heterocycles. The molecule has 0 heterocycles. The average molecular weight is 307 g/mol. The molecule has 0 aliphatic heterocycles. The van der Waals surface area contributed by atoms with E-state index < -0.39 is 0 Å². The van der Waals surface area contributed by atoms with Crippen molar-refractivity contribution < 1.29 is 0 Å². The van der Waals surface area contributed by atoms with E-state index in [1.165, 1.54) is 30.4 Å². The van der Waals surface area contributed by atoms with E-state index >= 15 is 0 Å². The Kier molecular flexibility index (Phi) is 8.08. The Morgan fingerprint density at radius 1 is 1.31 bits per heavy atom. The highest BCUT2D eigenvalue weighted by molar-refractivity contribution is 9.10. The third kappa shape index (κ3) is 4.86. The summed E-state index contributed by atoms with van der Waals surface area (Å²) in [7, 11) is 0. The first-order chi connectivity index (χ1) is 7.15. The summed E-state index contributed by atoms with van der Waals surface area (Å²) < 4.78 is 1.16. The molecule has 1 aromatic carbocycles. The highest BCUT2D eigenvalue weighted by Crippen LogP contribution is 2.23. The number of hydrogen-bond acceptors (Lipinski definition) is 1. The van der Waals surface area contributed by atoms with Gasteiger partial charge in [0.05, 0.1) is 0 Å². The van der Waals surface area contributed by atoms with Crippen LogP contribution in [0.25, 0.3) is 0 Å². The maximum absolute atomic E-state index is 6.13. The van der Waals surface area contributed by atoms with Gasteiger partial charge in [-0.05, 0) is 30.5 Å². The van der Waals surface area contributed by atoms with E-state index in [0.29, 0.717) is 0 Å². The Balaban J connectivity index is 0.00000225. The Morgan fingerprint density at radius 3 is 2.56 bits per heavy atom. The lowest BCUT2D eigenvalue weighted by Crippen LogP contribution is -2.10. The molecule has 0 saturated heterocycles. The van der Waals surface area contributed by atoms with Gasteiger partial charge in [0.15, 0.2) is 0 Å². The first-order valence-corrected chi connectivity index (χ1v) is 6.46. The second-order valence-corrected chi connectivity index (χ2v) is 4.97. The molecule has 2 N–H and O–H groups in total. The van der Waals surface area contributed by atoms with E-state index in [1.54, 1.807) is 0 Å². The van der Waals surface area contributed by atoms with Crippen molar-refractivity contribution >= 4 is 28.3 Å². The van der Waals surface area contributed by atoms with Gasteiger partial charge in [0.2, 0.25) is 0 Å². The van der Waals surface area contributed by atoms with Crippen molar-refractivity contribution in [1.29, 1.82) is 0 Å². The molecule has 0 aliphatic rings. The first-order valence-electron chi connectivity index (χ1n) is 5.66. The fraction of sp³-hybridized carbons (Fsp3) is 0.538. The third-order valence-corrected chi connectivity index (χ3v) is 3.60. The molecule has 0 fully saturated rings. The van der Waals surface area contributed by atoms with Crippen LogP contribution in [0.5, 0.6) is 0 Å². The molecule has 1 nitrogen and oxygen atoms in total. The van der Waals surface area contributed by atoms with Crippen LogP contribution in [0.15, 0.2) is 22.7 Å². The molecule has 1 rings (SSSR count). The summed E-state index contributed by atoms with van der Waals surface area (Å²) in [5.41, 5.74) is 8.64. The first kappa shape index (κ1) is 16.0. The molecule has 0 radical (unpaired) electrons. The maximum Gasteiger partial charge on any atom is 0.0295 e. The van der Waals surface area contributed by atoms with E-state index in [1.807, 2.05) is 0 Å².